The molecule has 1 aromatic rings. The fourth-order valence-corrected chi connectivity index (χ4v) is 2.96. The maximum Gasteiger partial charge on any atom is 0.0951 e. The standard InChI is InChI=1S/C13H21N3O/c1-2-6-15-12(3-1)13-9-14-10-16(13)11-4-7-17-8-5-11/h9-12,15H,1-8H2. The van der Waals surface area contributed by atoms with E-state index >= 15 is 0 Å². The number of ether oxygens (including phenoxy) is 1. The van der Waals surface area contributed by atoms with E-state index in [2.05, 4.69) is 14.9 Å². The minimum absolute atomic E-state index is 0.508. The molecule has 0 aliphatic carbocycles. The van der Waals surface area contributed by atoms with Crippen LogP contribution in [0.3, 0.4) is 0 Å². The van der Waals surface area contributed by atoms with Gasteiger partial charge in [0.1, 0.15) is 0 Å². The maximum absolute atomic E-state index is 5.43. The summed E-state index contributed by atoms with van der Waals surface area (Å²) in [6.45, 7) is 2.92. The summed E-state index contributed by atoms with van der Waals surface area (Å²) in [6, 6.07) is 1.10. The van der Waals surface area contributed by atoms with Gasteiger partial charge in [-0.05, 0) is 32.2 Å². The van der Waals surface area contributed by atoms with Crippen molar-refractivity contribution < 1.29 is 4.74 Å². The Labute approximate surface area is 102 Å². The third-order valence-corrected chi connectivity index (χ3v) is 3.95. The molecule has 1 N–H and O–H groups in total. The molecule has 2 saturated heterocycles. The minimum atomic E-state index is 0.508. The van der Waals surface area contributed by atoms with Crippen LogP contribution in [0, 0.1) is 0 Å². The third kappa shape index (κ3) is 2.38. The molecule has 94 valence electrons. The Morgan fingerprint density at radius 1 is 1.24 bits per heavy atom. The summed E-state index contributed by atoms with van der Waals surface area (Å²) in [6.07, 6.45) is 10.2. The molecular formula is C13H21N3O. The number of imidazole rings is 1. The Bertz CT molecular complexity index is 319. The topological polar surface area (TPSA) is 39.1 Å². The van der Waals surface area contributed by atoms with Crippen molar-refractivity contribution in [3.8, 4) is 0 Å². The van der Waals surface area contributed by atoms with E-state index in [-0.39, 0.29) is 0 Å². The second-order valence-electron chi connectivity index (χ2n) is 5.07. The first-order valence-electron chi connectivity index (χ1n) is 6.78. The first-order chi connectivity index (χ1) is 8.45. The maximum atomic E-state index is 5.43. The van der Waals surface area contributed by atoms with E-state index < -0.39 is 0 Å². The van der Waals surface area contributed by atoms with E-state index in [1.165, 1.54) is 25.0 Å². The van der Waals surface area contributed by atoms with Gasteiger partial charge in [0.15, 0.2) is 0 Å². The molecule has 2 fully saturated rings. The van der Waals surface area contributed by atoms with Crippen LogP contribution in [0.15, 0.2) is 12.5 Å². The normalized spacial score (nSPS) is 27.2. The highest BCUT2D eigenvalue weighted by Crippen LogP contribution is 2.28. The molecule has 1 aromatic heterocycles. The first kappa shape index (κ1) is 11.2. The number of nitrogens with one attached hydrogen (secondary N) is 1. The van der Waals surface area contributed by atoms with Crippen LogP contribution in [0.1, 0.15) is 49.9 Å². The molecule has 0 radical (unpaired) electrons. The summed E-state index contributed by atoms with van der Waals surface area (Å²) in [5.74, 6) is 0. The monoisotopic (exact) mass is 235 g/mol. The SMILES string of the molecule is c1ncn(C2CCOCC2)c1C1CCCCN1. The predicted octanol–water partition coefficient (Wildman–Crippen LogP) is 2.05. The zero-order chi connectivity index (χ0) is 11.5. The van der Waals surface area contributed by atoms with Gasteiger partial charge in [-0.3, -0.25) is 0 Å². The average molecular weight is 235 g/mol. The van der Waals surface area contributed by atoms with Crippen molar-refractivity contribution in [2.75, 3.05) is 19.8 Å². The van der Waals surface area contributed by atoms with Crippen LogP contribution >= 0.6 is 0 Å². The van der Waals surface area contributed by atoms with Crippen molar-refractivity contribution >= 4 is 0 Å². The van der Waals surface area contributed by atoms with E-state index in [4.69, 9.17) is 4.74 Å². The molecule has 4 heteroatoms. The third-order valence-electron chi connectivity index (χ3n) is 3.95. The number of piperidine rings is 1. The van der Waals surface area contributed by atoms with E-state index in [0.29, 0.717) is 12.1 Å². The van der Waals surface area contributed by atoms with Gasteiger partial charge in [-0.25, -0.2) is 4.98 Å². The van der Waals surface area contributed by atoms with Crippen LogP contribution in [0.25, 0.3) is 0 Å². The second-order valence-corrected chi connectivity index (χ2v) is 5.07. The van der Waals surface area contributed by atoms with Gasteiger partial charge in [-0.1, -0.05) is 6.42 Å². The van der Waals surface area contributed by atoms with Gasteiger partial charge >= 0.3 is 0 Å². The van der Waals surface area contributed by atoms with Crippen LogP contribution in [-0.4, -0.2) is 29.3 Å². The van der Waals surface area contributed by atoms with Crippen molar-refractivity contribution in [2.45, 2.75) is 44.2 Å². The lowest BCUT2D eigenvalue weighted by Crippen LogP contribution is -2.30. The first-order valence-corrected chi connectivity index (χ1v) is 6.78. The van der Waals surface area contributed by atoms with Crippen molar-refractivity contribution in [3.63, 3.8) is 0 Å². The zero-order valence-corrected chi connectivity index (χ0v) is 10.3. The lowest BCUT2D eigenvalue weighted by atomic mass is 10.0. The van der Waals surface area contributed by atoms with E-state index in [0.717, 1.165) is 32.6 Å². The molecule has 3 rings (SSSR count). The van der Waals surface area contributed by atoms with Crippen molar-refractivity contribution in [3.05, 3.63) is 18.2 Å². The van der Waals surface area contributed by atoms with Crippen LogP contribution in [0.4, 0.5) is 0 Å². The number of nitrogens with zero attached hydrogens (tertiary/aromatic N) is 2. The van der Waals surface area contributed by atoms with Crippen LogP contribution in [0.5, 0.6) is 0 Å². The lowest BCUT2D eigenvalue weighted by Gasteiger charge is -2.29. The molecular weight excluding hydrogens is 214 g/mol. The highest BCUT2D eigenvalue weighted by molar-refractivity contribution is 5.08. The minimum Gasteiger partial charge on any atom is -0.381 e. The Morgan fingerprint density at radius 3 is 2.88 bits per heavy atom. The molecule has 3 heterocycles. The van der Waals surface area contributed by atoms with Crippen LogP contribution < -0.4 is 5.32 Å². The quantitative estimate of drug-likeness (QED) is 0.852. The molecule has 0 amide bonds. The molecule has 0 bridgehead atoms. The predicted molar refractivity (Wildman–Crippen MR) is 65.9 cm³/mol. The average Bonchev–Trinajstić information content (AvgIpc) is 2.90. The zero-order valence-electron chi connectivity index (χ0n) is 10.3. The Morgan fingerprint density at radius 2 is 2.12 bits per heavy atom. The number of aromatic nitrogens is 2. The number of hydrogen-bond donors (Lipinski definition) is 1. The summed E-state index contributed by atoms with van der Waals surface area (Å²) in [5.41, 5.74) is 1.37. The van der Waals surface area contributed by atoms with Gasteiger partial charge < -0.3 is 14.6 Å². The highest BCUT2D eigenvalue weighted by Gasteiger charge is 2.23. The lowest BCUT2D eigenvalue weighted by molar-refractivity contribution is 0.0683. The second kappa shape index (κ2) is 5.19. The fourth-order valence-electron chi connectivity index (χ4n) is 2.96. The molecule has 0 spiro atoms. The fraction of sp³-hybridized carbons (Fsp3) is 0.769. The van der Waals surface area contributed by atoms with Crippen LogP contribution in [-0.2, 0) is 4.74 Å². The number of hydrogen-bond acceptors (Lipinski definition) is 3. The van der Waals surface area contributed by atoms with Crippen molar-refractivity contribution in [2.24, 2.45) is 0 Å². The van der Waals surface area contributed by atoms with Gasteiger partial charge in [-0.2, -0.15) is 0 Å². The summed E-state index contributed by atoms with van der Waals surface area (Å²) in [7, 11) is 0. The van der Waals surface area contributed by atoms with E-state index in [9.17, 15) is 0 Å². The Hall–Kier alpha value is -0.870. The molecule has 2 aliphatic heterocycles. The largest absolute Gasteiger partial charge is 0.381 e. The van der Waals surface area contributed by atoms with Gasteiger partial charge in [0, 0.05) is 31.5 Å². The summed E-state index contributed by atoms with van der Waals surface area (Å²) >= 11 is 0. The number of rotatable bonds is 2. The van der Waals surface area contributed by atoms with Gasteiger partial charge in [0.2, 0.25) is 0 Å². The molecule has 17 heavy (non-hydrogen) atoms. The van der Waals surface area contributed by atoms with Gasteiger partial charge in [0.25, 0.3) is 0 Å². The molecule has 1 atom stereocenters. The van der Waals surface area contributed by atoms with Crippen LogP contribution in [0.2, 0.25) is 0 Å². The Balaban J connectivity index is 1.77. The van der Waals surface area contributed by atoms with E-state index in [1.807, 2.05) is 12.5 Å². The summed E-state index contributed by atoms with van der Waals surface area (Å²) in [5, 5.41) is 3.61. The molecule has 2 aliphatic rings. The molecule has 4 nitrogen and oxygen atoms in total. The Kier molecular flexibility index (Phi) is 3.43. The molecule has 0 saturated carbocycles. The summed E-state index contributed by atoms with van der Waals surface area (Å²) < 4.78 is 7.81. The van der Waals surface area contributed by atoms with Gasteiger partial charge in [-0.15, -0.1) is 0 Å². The highest BCUT2D eigenvalue weighted by atomic mass is 16.5. The van der Waals surface area contributed by atoms with Crippen molar-refractivity contribution in [1.82, 2.24) is 14.9 Å². The van der Waals surface area contributed by atoms with E-state index in [1.54, 1.807) is 0 Å². The van der Waals surface area contributed by atoms with Gasteiger partial charge in [0.05, 0.1) is 12.0 Å². The smallest absolute Gasteiger partial charge is 0.0951 e. The van der Waals surface area contributed by atoms with Crippen molar-refractivity contribution in [1.29, 1.82) is 0 Å². The molecule has 1 unspecified atom stereocenters. The summed E-state index contributed by atoms with van der Waals surface area (Å²) in [4.78, 5) is 4.35. The molecule has 0 aromatic carbocycles.